The Morgan fingerprint density at radius 3 is 2.55 bits per heavy atom. The molecule has 0 amide bonds. The predicted octanol–water partition coefficient (Wildman–Crippen LogP) is 2.75. The minimum absolute atomic E-state index is 0.595. The number of aryl methyl sites for hydroxylation is 1. The average molecular weight is 293 g/mol. The standard InChI is InChI=1S/C17H19N5/c1-21-16(6-9-19-21)13-7-10-22(11-8-13)17-12-18-14-4-2-3-5-15(14)20-17/h2-6,9,12-13H,7-8,10-11H2,1H3. The van der Waals surface area contributed by atoms with E-state index >= 15 is 0 Å². The Bertz CT molecular complexity index is 786. The number of aromatic nitrogens is 4. The van der Waals surface area contributed by atoms with Crippen LogP contribution in [0.3, 0.4) is 0 Å². The fourth-order valence-electron chi connectivity index (χ4n) is 3.29. The molecule has 0 N–H and O–H groups in total. The van der Waals surface area contributed by atoms with Crippen LogP contribution in [0, 0.1) is 0 Å². The Balaban J connectivity index is 1.51. The summed E-state index contributed by atoms with van der Waals surface area (Å²) in [6.45, 7) is 2.03. The molecule has 0 atom stereocenters. The van der Waals surface area contributed by atoms with E-state index in [2.05, 4.69) is 21.0 Å². The molecule has 3 aromatic rings. The molecular weight excluding hydrogens is 274 g/mol. The maximum atomic E-state index is 4.75. The highest BCUT2D eigenvalue weighted by Gasteiger charge is 2.23. The van der Waals surface area contributed by atoms with Gasteiger partial charge in [-0.15, -0.1) is 0 Å². The first-order valence-corrected chi connectivity index (χ1v) is 7.76. The number of piperidine rings is 1. The van der Waals surface area contributed by atoms with Crippen molar-refractivity contribution < 1.29 is 0 Å². The number of hydrogen-bond donors (Lipinski definition) is 0. The third-order valence-electron chi connectivity index (χ3n) is 4.53. The van der Waals surface area contributed by atoms with Crippen LogP contribution in [0.4, 0.5) is 5.82 Å². The van der Waals surface area contributed by atoms with Gasteiger partial charge in [-0.05, 0) is 31.0 Å². The zero-order chi connectivity index (χ0) is 14.9. The summed E-state index contributed by atoms with van der Waals surface area (Å²) in [4.78, 5) is 11.6. The predicted molar refractivity (Wildman–Crippen MR) is 86.9 cm³/mol. The van der Waals surface area contributed by atoms with Crippen molar-refractivity contribution in [3.8, 4) is 0 Å². The molecule has 1 aliphatic heterocycles. The number of para-hydroxylation sites is 2. The van der Waals surface area contributed by atoms with E-state index in [4.69, 9.17) is 4.98 Å². The molecule has 0 bridgehead atoms. The van der Waals surface area contributed by atoms with Crippen LogP contribution >= 0.6 is 0 Å². The molecule has 4 rings (SSSR count). The van der Waals surface area contributed by atoms with Crippen LogP contribution in [0.1, 0.15) is 24.5 Å². The molecular formula is C17H19N5. The summed E-state index contributed by atoms with van der Waals surface area (Å²) < 4.78 is 2.00. The van der Waals surface area contributed by atoms with Crippen LogP contribution in [-0.4, -0.2) is 32.8 Å². The zero-order valence-electron chi connectivity index (χ0n) is 12.7. The molecule has 1 saturated heterocycles. The Kier molecular flexibility index (Phi) is 3.25. The second kappa shape index (κ2) is 5.40. The Labute approximate surface area is 129 Å². The normalized spacial score (nSPS) is 16.3. The van der Waals surface area contributed by atoms with Crippen LogP contribution in [0.25, 0.3) is 11.0 Å². The van der Waals surface area contributed by atoms with Gasteiger partial charge in [-0.1, -0.05) is 12.1 Å². The van der Waals surface area contributed by atoms with Gasteiger partial charge in [0.1, 0.15) is 5.82 Å². The van der Waals surface area contributed by atoms with Crippen molar-refractivity contribution in [1.29, 1.82) is 0 Å². The maximum Gasteiger partial charge on any atom is 0.147 e. The topological polar surface area (TPSA) is 46.8 Å². The number of anilines is 1. The van der Waals surface area contributed by atoms with Crippen molar-refractivity contribution >= 4 is 16.9 Å². The summed E-state index contributed by atoms with van der Waals surface area (Å²) in [5.74, 6) is 1.58. The van der Waals surface area contributed by atoms with Gasteiger partial charge >= 0.3 is 0 Å². The molecule has 1 aliphatic rings. The Hall–Kier alpha value is -2.43. The number of fused-ring (bicyclic) bond motifs is 1. The summed E-state index contributed by atoms with van der Waals surface area (Å²) in [6, 6.07) is 10.2. The quantitative estimate of drug-likeness (QED) is 0.729. The van der Waals surface area contributed by atoms with Crippen molar-refractivity contribution in [2.24, 2.45) is 7.05 Å². The molecule has 1 fully saturated rings. The van der Waals surface area contributed by atoms with Gasteiger partial charge in [0, 0.05) is 37.9 Å². The largest absolute Gasteiger partial charge is 0.355 e. The summed E-state index contributed by atoms with van der Waals surface area (Å²) in [5.41, 5.74) is 3.26. The fourth-order valence-corrected chi connectivity index (χ4v) is 3.29. The van der Waals surface area contributed by atoms with E-state index in [1.165, 1.54) is 5.69 Å². The molecule has 0 spiro atoms. The van der Waals surface area contributed by atoms with Crippen molar-refractivity contribution in [2.75, 3.05) is 18.0 Å². The van der Waals surface area contributed by atoms with E-state index in [0.717, 1.165) is 42.8 Å². The number of rotatable bonds is 2. The van der Waals surface area contributed by atoms with Gasteiger partial charge in [-0.3, -0.25) is 9.67 Å². The lowest BCUT2D eigenvalue weighted by molar-refractivity contribution is 0.475. The number of hydrogen-bond acceptors (Lipinski definition) is 4. The lowest BCUT2D eigenvalue weighted by Gasteiger charge is -2.32. The lowest BCUT2D eigenvalue weighted by Crippen LogP contribution is -2.34. The van der Waals surface area contributed by atoms with Gasteiger partial charge in [0.25, 0.3) is 0 Å². The smallest absolute Gasteiger partial charge is 0.147 e. The minimum atomic E-state index is 0.595. The first-order chi connectivity index (χ1) is 10.8. The summed E-state index contributed by atoms with van der Waals surface area (Å²) >= 11 is 0. The van der Waals surface area contributed by atoms with Crippen molar-refractivity contribution in [3.63, 3.8) is 0 Å². The molecule has 5 nitrogen and oxygen atoms in total. The highest BCUT2D eigenvalue weighted by atomic mass is 15.3. The van der Waals surface area contributed by atoms with E-state index in [9.17, 15) is 0 Å². The van der Waals surface area contributed by atoms with Crippen LogP contribution in [0.2, 0.25) is 0 Å². The molecule has 0 saturated carbocycles. The van der Waals surface area contributed by atoms with Crippen LogP contribution in [0.5, 0.6) is 0 Å². The zero-order valence-corrected chi connectivity index (χ0v) is 12.7. The second-order valence-electron chi connectivity index (χ2n) is 5.86. The number of benzene rings is 1. The first-order valence-electron chi connectivity index (χ1n) is 7.76. The fraction of sp³-hybridized carbons (Fsp3) is 0.353. The van der Waals surface area contributed by atoms with E-state index in [-0.39, 0.29) is 0 Å². The van der Waals surface area contributed by atoms with Crippen LogP contribution < -0.4 is 4.90 Å². The summed E-state index contributed by atoms with van der Waals surface area (Å²) in [6.07, 6.45) is 6.05. The highest BCUT2D eigenvalue weighted by molar-refractivity contribution is 5.75. The van der Waals surface area contributed by atoms with Gasteiger partial charge < -0.3 is 4.90 Å². The molecule has 3 heterocycles. The summed E-state index contributed by atoms with van der Waals surface area (Å²) in [5, 5.41) is 4.28. The third kappa shape index (κ3) is 2.32. The highest BCUT2D eigenvalue weighted by Crippen LogP contribution is 2.29. The van der Waals surface area contributed by atoms with E-state index in [1.807, 2.05) is 48.4 Å². The Morgan fingerprint density at radius 1 is 1.05 bits per heavy atom. The van der Waals surface area contributed by atoms with Crippen molar-refractivity contribution in [3.05, 3.63) is 48.4 Å². The molecule has 0 unspecified atom stereocenters. The first kappa shape index (κ1) is 13.2. The Morgan fingerprint density at radius 2 is 1.82 bits per heavy atom. The van der Waals surface area contributed by atoms with E-state index in [1.54, 1.807) is 0 Å². The second-order valence-corrected chi connectivity index (χ2v) is 5.86. The number of nitrogens with zero attached hydrogens (tertiary/aromatic N) is 5. The minimum Gasteiger partial charge on any atom is -0.355 e. The lowest BCUT2D eigenvalue weighted by atomic mass is 9.93. The molecule has 1 aromatic carbocycles. The molecule has 112 valence electrons. The molecule has 0 aliphatic carbocycles. The monoisotopic (exact) mass is 293 g/mol. The van der Waals surface area contributed by atoms with E-state index in [0.29, 0.717) is 5.92 Å². The SMILES string of the molecule is Cn1nccc1C1CCN(c2cnc3ccccc3n2)CC1. The van der Waals surface area contributed by atoms with Gasteiger partial charge in [0.15, 0.2) is 0 Å². The molecule has 5 heteroatoms. The van der Waals surface area contributed by atoms with Crippen LogP contribution in [0.15, 0.2) is 42.7 Å². The van der Waals surface area contributed by atoms with Crippen LogP contribution in [-0.2, 0) is 7.05 Å². The maximum absolute atomic E-state index is 4.75. The van der Waals surface area contributed by atoms with E-state index < -0.39 is 0 Å². The average Bonchev–Trinajstić information content (AvgIpc) is 3.01. The molecule has 22 heavy (non-hydrogen) atoms. The van der Waals surface area contributed by atoms with Gasteiger partial charge in [-0.25, -0.2) is 4.98 Å². The molecule has 2 aromatic heterocycles. The van der Waals surface area contributed by atoms with Gasteiger partial charge in [-0.2, -0.15) is 5.10 Å². The van der Waals surface area contributed by atoms with Gasteiger partial charge in [0.05, 0.1) is 17.2 Å². The van der Waals surface area contributed by atoms with Crippen molar-refractivity contribution in [2.45, 2.75) is 18.8 Å². The summed E-state index contributed by atoms with van der Waals surface area (Å²) in [7, 11) is 2.02. The van der Waals surface area contributed by atoms with Crippen molar-refractivity contribution in [1.82, 2.24) is 19.7 Å². The third-order valence-corrected chi connectivity index (χ3v) is 4.53. The molecule has 0 radical (unpaired) electrons. The van der Waals surface area contributed by atoms with Gasteiger partial charge in [0.2, 0.25) is 0 Å².